The number of benzene rings is 1. The highest BCUT2D eigenvalue weighted by Crippen LogP contribution is 2.25. The number of rotatable bonds is 0. The monoisotopic (exact) mass is 177 g/mol. The van der Waals surface area contributed by atoms with E-state index in [1.165, 1.54) is 12.1 Å². The van der Waals surface area contributed by atoms with Crippen LogP contribution in [0.1, 0.15) is 5.69 Å². The van der Waals surface area contributed by atoms with Crippen LogP contribution in [0.15, 0.2) is 24.3 Å². The molecule has 0 unspecified atom stereocenters. The Morgan fingerprint density at radius 1 is 1.23 bits per heavy atom. The summed E-state index contributed by atoms with van der Waals surface area (Å²) < 4.78 is 13.2. The molecule has 3 heteroatoms. The highest BCUT2D eigenvalue weighted by molar-refractivity contribution is 5.85. The predicted molar refractivity (Wildman–Crippen MR) is 48.1 cm³/mol. The van der Waals surface area contributed by atoms with Gasteiger partial charge in [-0.05, 0) is 31.2 Å². The smallest absolute Gasteiger partial charge is 0.149 e. The van der Waals surface area contributed by atoms with Gasteiger partial charge in [0.1, 0.15) is 17.1 Å². The van der Waals surface area contributed by atoms with E-state index in [9.17, 15) is 9.50 Å². The van der Waals surface area contributed by atoms with Crippen LogP contribution >= 0.6 is 0 Å². The van der Waals surface area contributed by atoms with Crippen molar-refractivity contribution in [2.75, 3.05) is 0 Å². The van der Waals surface area contributed by atoms with Gasteiger partial charge in [0.15, 0.2) is 0 Å². The Balaban J connectivity index is 2.92. The van der Waals surface area contributed by atoms with Gasteiger partial charge >= 0.3 is 0 Å². The summed E-state index contributed by atoms with van der Waals surface area (Å²) in [4.78, 5) is 4.00. The van der Waals surface area contributed by atoms with Gasteiger partial charge in [0, 0.05) is 11.1 Å². The topological polar surface area (TPSA) is 33.1 Å². The Morgan fingerprint density at radius 2 is 2.00 bits per heavy atom. The lowest BCUT2D eigenvalue weighted by Crippen LogP contribution is -1.87. The van der Waals surface area contributed by atoms with Crippen molar-refractivity contribution in [3.63, 3.8) is 0 Å². The Morgan fingerprint density at radius 3 is 2.77 bits per heavy atom. The summed E-state index contributed by atoms with van der Waals surface area (Å²) in [5, 5.41) is 9.83. The molecule has 2 aromatic rings. The molecule has 66 valence electrons. The number of aryl methyl sites for hydroxylation is 1. The number of aromatic hydroxyl groups is 1. The van der Waals surface area contributed by atoms with Crippen molar-refractivity contribution >= 4 is 10.9 Å². The maximum atomic E-state index is 13.2. The van der Waals surface area contributed by atoms with E-state index in [1.807, 2.05) is 0 Å². The summed E-state index contributed by atoms with van der Waals surface area (Å²) in [6.45, 7) is 1.78. The van der Waals surface area contributed by atoms with Gasteiger partial charge in [-0.15, -0.1) is 0 Å². The SMILES string of the molecule is Cc1ccc2c(O)ccc(F)c2n1. The zero-order valence-corrected chi connectivity index (χ0v) is 7.08. The van der Waals surface area contributed by atoms with Gasteiger partial charge in [-0.3, -0.25) is 0 Å². The first-order chi connectivity index (χ1) is 6.18. The largest absolute Gasteiger partial charge is 0.507 e. The van der Waals surface area contributed by atoms with Crippen LogP contribution in [0.25, 0.3) is 10.9 Å². The van der Waals surface area contributed by atoms with E-state index in [0.717, 1.165) is 5.69 Å². The van der Waals surface area contributed by atoms with Gasteiger partial charge in [-0.1, -0.05) is 0 Å². The summed E-state index contributed by atoms with van der Waals surface area (Å²) in [5.74, 6) is -0.347. The van der Waals surface area contributed by atoms with E-state index in [0.29, 0.717) is 5.39 Å². The molecule has 0 atom stereocenters. The van der Waals surface area contributed by atoms with Crippen molar-refractivity contribution in [1.82, 2.24) is 4.98 Å². The maximum absolute atomic E-state index is 13.2. The van der Waals surface area contributed by atoms with E-state index in [-0.39, 0.29) is 11.3 Å². The normalized spacial score (nSPS) is 10.6. The number of phenols is 1. The number of hydrogen-bond acceptors (Lipinski definition) is 2. The molecular weight excluding hydrogens is 169 g/mol. The molecule has 0 aliphatic carbocycles. The predicted octanol–water partition coefficient (Wildman–Crippen LogP) is 2.39. The van der Waals surface area contributed by atoms with Crippen molar-refractivity contribution < 1.29 is 9.50 Å². The van der Waals surface area contributed by atoms with E-state index in [4.69, 9.17) is 0 Å². The number of fused-ring (bicyclic) bond motifs is 1. The quantitative estimate of drug-likeness (QED) is 0.670. The van der Waals surface area contributed by atoms with E-state index in [2.05, 4.69) is 4.98 Å². The first-order valence-corrected chi connectivity index (χ1v) is 3.93. The molecule has 2 rings (SSSR count). The van der Waals surface area contributed by atoms with Crippen LogP contribution in [-0.2, 0) is 0 Å². The molecule has 1 N–H and O–H groups in total. The average molecular weight is 177 g/mol. The minimum absolute atomic E-state index is 0.0592. The molecule has 0 fully saturated rings. The second-order valence-corrected chi connectivity index (χ2v) is 2.92. The summed E-state index contributed by atoms with van der Waals surface area (Å²) >= 11 is 0. The highest BCUT2D eigenvalue weighted by atomic mass is 19.1. The Labute approximate surface area is 74.7 Å². The van der Waals surface area contributed by atoms with Crippen molar-refractivity contribution in [1.29, 1.82) is 0 Å². The number of halogens is 1. The van der Waals surface area contributed by atoms with E-state index >= 15 is 0 Å². The molecule has 1 heterocycles. The summed E-state index contributed by atoms with van der Waals surface area (Å²) in [6.07, 6.45) is 0. The fourth-order valence-electron chi connectivity index (χ4n) is 1.27. The molecule has 13 heavy (non-hydrogen) atoms. The van der Waals surface area contributed by atoms with Crippen molar-refractivity contribution in [3.05, 3.63) is 35.8 Å². The van der Waals surface area contributed by atoms with Crippen LogP contribution in [-0.4, -0.2) is 10.1 Å². The Bertz CT molecular complexity index is 468. The number of hydrogen-bond donors (Lipinski definition) is 1. The fourth-order valence-corrected chi connectivity index (χ4v) is 1.27. The van der Waals surface area contributed by atoms with Crippen LogP contribution < -0.4 is 0 Å². The molecule has 0 aliphatic rings. The van der Waals surface area contributed by atoms with Crippen LogP contribution in [0, 0.1) is 12.7 Å². The molecule has 0 amide bonds. The molecule has 1 aromatic carbocycles. The van der Waals surface area contributed by atoms with Crippen molar-refractivity contribution in [3.8, 4) is 5.75 Å². The molecule has 0 saturated carbocycles. The van der Waals surface area contributed by atoms with Crippen LogP contribution in [0.2, 0.25) is 0 Å². The van der Waals surface area contributed by atoms with Gasteiger partial charge in [0.2, 0.25) is 0 Å². The highest BCUT2D eigenvalue weighted by Gasteiger charge is 2.05. The van der Waals surface area contributed by atoms with Crippen LogP contribution in [0.3, 0.4) is 0 Å². The third-order valence-electron chi connectivity index (χ3n) is 1.92. The lowest BCUT2D eigenvalue weighted by molar-refractivity contribution is 0.480. The van der Waals surface area contributed by atoms with Crippen molar-refractivity contribution in [2.45, 2.75) is 6.92 Å². The number of nitrogens with zero attached hydrogens (tertiary/aromatic N) is 1. The molecule has 0 aliphatic heterocycles. The molecule has 1 aromatic heterocycles. The number of pyridine rings is 1. The van der Waals surface area contributed by atoms with Gasteiger partial charge in [0.05, 0.1) is 0 Å². The minimum atomic E-state index is -0.406. The molecule has 2 nitrogen and oxygen atoms in total. The first kappa shape index (κ1) is 7.98. The zero-order chi connectivity index (χ0) is 9.42. The summed E-state index contributed by atoms with van der Waals surface area (Å²) in [6, 6.07) is 5.94. The summed E-state index contributed by atoms with van der Waals surface area (Å²) in [7, 11) is 0. The standard InChI is InChI=1S/C10H8FNO/c1-6-2-3-7-9(13)5-4-8(11)10(7)12-6/h2-5,13H,1H3. The maximum Gasteiger partial charge on any atom is 0.149 e. The molecular formula is C10H8FNO. The Hall–Kier alpha value is -1.64. The fraction of sp³-hybridized carbons (Fsp3) is 0.100. The van der Waals surface area contributed by atoms with Gasteiger partial charge in [-0.25, -0.2) is 9.37 Å². The third-order valence-corrected chi connectivity index (χ3v) is 1.92. The number of aromatic nitrogens is 1. The Kier molecular flexibility index (Phi) is 1.65. The molecule has 0 radical (unpaired) electrons. The third kappa shape index (κ3) is 1.22. The van der Waals surface area contributed by atoms with Gasteiger partial charge in [-0.2, -0.15) is 0 Å². The minimum Gasteiger partial charge on any atom is -0.507 e. The van der Waals surface area contributed by atoms with E-state index in [1.54, 1.807) is 19.1 Å². The summed E-state index contributed by atoms with van der Waals surface area (Å²) in [5.41, 5.74) is 0.956. The lowest BCUT2D eigenvalue weighted by Gasteiger charge is -2.01. The second-order valence-electron chi connectivity index (χ2n) is 2.92. The van der Waals surface area contributed by atoms with Gasteiger partial charge in [0.25, 0.3) is 0 Å². The molecule has 0 bridgehead atoms. The zero-order valence-electron chi connectivity index (χ0n) is 7.08. The van der Waals surface area contributed by atoms with Crippen LogP contribution in [0.5, 0.6) is 5.75 Å². The van der Waals surface area contributed by atoms with Gasteiger partial charge < -0.3 is 5.11 Å². The van der Waals surface area contributed by atoms with Crippen LogP contribution in [0.4, 0.5) is 4.39 Å². The first-order valence-electron chi connectivity index (χ1n) is 3.93. The van der Waals surface area contributed by atoms with E-state index < -0.39 is 5.82 Å². The molecule has 0 spiro atoms. The average Bonchev–Trinajstić information content (AvgIpc) is 2.12. The molecule has 0 saturated heterocycles. The lowest BCUT2D eigenvalue weighted by atomic mass is 10.2. The second kappa shape index (κ2) is 2.69. The van der Waals surface area contributed by atoms with Crippen molar-refractivity contribution in [2.24, 2.45) is 0 Å². The number of phenolic OH excluding ortho intramolecular Hbond substituents is 1.